The van der Waals surface area contributed by atoms with Crippen LogP contribution in [0.1, 0.15) is 18.1 Å². The van der Waals surface area contributed by atoms with E-state index in [0.717, 1.165) is 11.1 Å². The van der Waals surface area contributed by atoms with Gasteiger partial charge in [-0.1, -0.05) is 49.4 Å². The van der Waals surface area contributed by atoms with Crippen LogP contribution in [0.2, 0.25) is 0 Å². The van der Waals surface area contributed by atoms with E-state index in [2.05, 4.69) is 9.64 Å². The maximum Gasteiger partial charge on any atom is 0.387 e. The number of methoxy groups -OCH3 is 1. The van der Waals surface area contributed by atoms with Gasteiger partial charge in [-0.25, -0.2) is 0 Å². The molecule has 6 heteroatoms. The van der Waals surface area contributed by atoms with E-state index in [1.54, 1.807) is 12.1 Å². The number of nitrogens with zero attached hydrogens (tertiary/aromatic N) is 1. The van der Waals surface area contributed by atoms with E-state index in [0.29, 0.717) is 19.6 Å². The lowest BCUT2D eigenvalue weighted by molar-refractivity contribution is -0.145. The molecule has 2 rings (SSSR count). The third-order valence-corrected chi connectivity index (χ3v) is 3.94. The van der Waals surface area contributed by atoms with Gasteiger partial charge in [-0.2, -0.15) is 8.78 Å². The van der Waals surface area contributed by atoms with Gasteiger partial charge in [-0.3, -0.25) is 9.69 Å². The van der Waals surface area contributed by atoms with E-state index in [-0.39, 0.29) is 17.6 Å². The maximum absolute atomic E-state index is 12.3. The van der Waals surface area contributed by atoms with Crippen LogP contribution in [0.4, 0.5) is 8.78 Å². The minimum absolute atomic E-state index is 0.126. The maximum atomic E-state index is 12.3. The molecule has 0 aromatic heterocycles. The van der Waals surface area contributed by atoms with Crippen molar-refractivity contribution in [3.8, 4) is 5.75 Å². The summed E-state index contributed by atoms with van der Waals surface area (Å²) < 4.78 is 33.7. The second-order valence-electron chi connectivity index (χ2n) is 6.10. The fourth-order valence-corrected chi connectivity index (χ4v) is 2.72. The van der Waals surface area contributed by atoms with Crippen molar-refractivity contribution in [3.05, 3.63) is 65.7 Å². The van der Waals surface area contributed by atoms with Crippen molar-refractivity contribution in [3.63, 3.8) is 0 Å². The fourth-order valence-electron chi connectivity index (χ4n) is 2.72. The van der Waals surface area contributed by atoms with Gasteiger partial charge in [-0.05, 0) is 23.3 Å². The Morgan fingerprint density at radius 1 is 1.00 bits per heavy atom. The zero-order valence-electron chi connectivity index (χ0n) is 14.9. The molecule has 1 atom stereocenters. The Morgan fingerprint density at radius 3 is 2.12 bits per heavy atom. The molecule has 2 aromatic carbocycles. The molecule has 0 N–H and O–H groups in total. The van der Waals surface area contributed by atoms with Gasteiger partial charge in [0.2, 0.25) is 0 Å². The first-order valence-corrected chi connectivity index (χ1v) is 8.35. The Kier molecular flexibility index (Phi) is 7.53. The van der Waals surface area contributed by atoms with Crippen molar-refractivity contribution >= 4 is 5.97 Å². The van der Waals surface area contributed by atoms with Crippen LogP contribution >= 0.6 is 0 Å². The molecule has 0 aliphatic rings. The van der Waals surface area contributed by atoms with Crippen LogP contribution in [0.15, 0.2) is 54.6 Å². The molecule has 0 spiro atoms. The van der Waals surface area contributed by atoms with Crippen LogP contribution in [0, 0.1) is 5.92 Å². The van der Waals surface area contributed by atoms with Gasteiger partial charge in [0, 0.05) is 19.6 Å². The first-order valence-electron chi connectivity index (χ1n) is 8.35. The Morgan fingerprint density at radius 2 is 1.58 bits per heavy atom. The van der Waals surface area contributed by atoms with Gasteiger partial charge < -0.3 is 9.47 Å². The van der Waals surface area contributed by atoms with Gasteiger partial charge in [-0.15, -0.1) is 0 Å². The van der Waals surface area contributed by atoms with E-state index in [9.17, 15) is 13.6 Å². The summed E-state index contributed by atoms with van der Waals surface area (Å²) in [6.07, 6.45) is 0. The smallest absolute Gasteiger partial charge is 0.387 e. The monoisotopic (exact) mass is 363 g/mol. The van der Waals surface area contributed by atoms with Gasteiger partial charge in [0.05, 0.1) is 13.0 Å². The molecule has 0 amide bonds. The molecule has 0 aliphatic carbocycles. The minimum Gasteiger partial charge on any atom is -0.469 e. The molecule has 2 aromatic rings. The summed E-state index contributed by atoms with van der Waals surface area (Å²) in [5.41, 5.74) is 2.07. The third-order valence-electron chi connectivity index (χ3n) is 3.94. The van der Waals surface area contributed by atoms with Crippen LogP contribution in [-0.4, -0.2) is 31.1 Å². The predicted molar refractivity (Wildman–Crippen MR) is 94.8 cm³/mol. The molecule has 0 radical (unpaired) electrons. The standard InChI is InChI=1S/C20H23F2NO3/c1-15(19(24)25-2)12-23(13-16-6-4-3-5-7-16)14-17-8-10-18(11-9-17)26-20(21)22/h3-11,15,20H,12-14H2,1-2H3. The molecule has 0 saturated carbocycles. The van der Waals surface area contributed by atoms with Gasteiger partial charge in [0.15, 0.2) is 0 Å². The summed E-state index contributed by atoms with van der Waals surface area (Å²) in [6.45, 7) is 0.749. The molecule has 0 saturated heterocycles. The third kappa shape index (κ3) is 6.44. The van der Waals surface area contributed by atoms with Crippen LogP contribution in [0.5, 0.6) is 5.75 Å². The Labute approximate surface area is 152 Å². The van der Waals surface area contributed by atoms with Crippen molar-refractivity contribution in [1.82, 2.24) is 4.90 Å². The molecule has 0 heterocycles. The summed E-state index contributed by atoms with van der Waals surface area (Å²) >= 11 is 0. The molecule has 26 heavy (non-hydrogen) atoms. The quantitative estimate of drug-likeness (QED) is 0.629. The normalized spacial score (nSPS) is 12.2. The van der Waals surface area contributed by atoms with Gasteiger partial charge in [0.25, 0.3) is 0 Å². The van der Waals surface area contributed by atoms with Crippen molar-refractivity contribution in [2.75, 3.05) is 13.7 Å². The highest BCUT2D eigenvalue weighted by Gasteiger charge is 2.18. The molecule has 0 bridgehead atoms. The van der Waals surface area contributed by atoms with Crippen LogP contribution < -0.4 is 4.74 Å². The van der Waals surface area contributed by atoms with E-state index >= 15 is 0 Å². The van der Waals surface area contributed by atoms with E-state index in [1.165, 1.54) is 19.2 Å². The second-order valence-corrected chi connectivity index (χ2v) is 6.10. The minimum atomic E-state index is -2.84. The van der Waals surface area contributed by atoms with E-state index in [4.69, 9.17) is 4.74 Å². The summed E-state index contributed by atoms with van der Waals surface area (Å²) in [7, 11) is 1.38. The van der Waals surface area contributed by atoms with E-state index < -0.39 is 6.61 Å². The number of benzene rings is 2. The van der Waals surface area contributed by atoms with Crippen LogP contribution in [0.3, 0.4) is 0 Å². The number of ether oxygens (including phenoxy) is 2. The highest BCUT2D eigenvalue weighted by Crippen LogP contribution is 2.18. The average Bonchev–Trinajstić information content (AvgIpc) is 2.63. The molecule has 0 fully saturated rings. The summed E-state index contributed by atoms with van der Waals surface area (Å²) in [4.78, 5) is 13.9. The summed E-state index contributed by atoms with van der Waals surface area (Å²) in [6, 6.07) is 16.5. The molecule has 1 unspecified atom stereocenters. The zero-order valence-corrected chi connectivity index (χ0v) is 14.9. The average molecular weight is 363 g/mol. The topological polar surface area (TPSA) is 38.8 Å². The Balaban J connectivity index is 2.08. The van der Waals surface area contributed by atoms with Crippen molar-refractivity contribution in [2.24, 2.45) is 5.92 Å². The highest BCUT2D eigenvalue weighted by atomic mass is 19.3. The van der Waals surface area contributed by atoms with E-state index in [1.807, 2.05) is 37.3 Å². The molecule has 140 valence electrons. The number of carbonyl (C=O) groups excluding carboxylic acids is 1. The molecular formula is C20H23F2NO3. The van der Waals surface area contributed by atoms with Crippen LogP contribution in [-0.2, 0) is 22.6 Å². The number of hydrogen-bond donors (Lipinski definition) is 0. The van der Waals surface area contributed by atoms with Gasteiger partial charge in [0.1, 0.15) is 5.75 Å². The number of esters is 1. The summed E-state index contributed by atoms with van der Waals surface area (Å²) in [5.74, 6) is -0.407. The highest BCUT2D eigenvalue weighted by molar-refractivity contribution is 5.72. The predicted octanol–water partition coefficient (Wildman–Crippen LogP) is 4.10. The first kappa shape index (κ1) is 19.8. The van der Waals surface area contributed by atoms with Crippen molar-refractivity contribution < 1.29 is 23.0 Å². The number of rotatable bonds is 9. The van der Waals surface area contributed by atoms with Crippen molar-refractivity contribution in [2.45, 2.75) is 26.6 Å². The van der Waals surface area contributed by atoms with Crippen LogP contribution in [0.25, 0.3) is 0 Å². The number of hydrogen-bond acceptors (Lipinski definition) is 4. The number of carbonyl (C=O) groups is 1. The fraction of sp³-hybridized carbons (Fsp3) is 0.350. The lowest BCUT2D eigenvalue weighted by Gasteiger charge is -2.25. The Bertz CT molecular complexity index is 677. The lowest BCUT2D eigenvalue weighted by atomic mass is 10.1. The molecular weight excluding hydrogens is 340 g/mol. The summed E-state index contributed by atoms with van der Waals surface area (Å²) in [5, 5.41) is 0. The number of alkyl halides is 2. The first-order chi connectivity index (χ1) is 12.5. The second kappa shape index (κ2) is 9.87. The number of halogens is 2. The largest absolute Gasteiger partial charge is 0.469 e. The SMILES string of the molecule is COC(=O)C(C)CN(Cc1ccccc1)Cc1ccc(OC(F)F)cc1. The Hall–Kier alpha value is -2.47. The zero-order chi connectivity index (χ0) is 18.9. The lowest BCUT2D eigenvalue weighted by Crippen LogP contribution is -2.31. The molecule has 4 nitrogen and oxygen atoms in total. The van der Waals surface area contributed by atoms with Crippen molar-refractivity contribution in [1.29, 1.82) is 0 Å². The molecule has 0 aliphatic heterocycles. The van der Waals surface area contributed by atoms with Gasteiger partial charge >= 0.3 is 12.6 Å².